The average Bonchev–Trinajstić information content (AvgIpc) is 2.97. The van der Waals surface area contributed by atoms with Crippen LogP contribution in [0.4, 0.5) is 5.95 Å². The second kappa shape index (κ2) is 4.34. The first-order valence-corrected chi connectivity index (χ1v) is 7.24. The number of hydrogen-bond donors (Lipinski definition) is 0. The highest BCUT2D eigenvalue weighted by atomic mass is 16.5. The van der Waals surface area contributed by atoms with Gasteiger partial charge in [0.1, 0.15) is 0 Å². The fraction of sp³-hybridized carbons (Fsp3) is 0.714. The maximum atomic E-state index is 5.19. The molecular formula is C14H20N4O. The lowest BCUT2D eigenvalue weighted by Crippen LogP contribution is -2.52. The summed E-state index contributed by atoms with van der Waals surface area (Å²) in [4.78, 5) is 14.0. The van der Waals surface area contributed by atoms with Crippen LogP contribution in [-0.2, 0) is 0 Å². The van der Waals surface area contributed by atoms with Gasteiger partial charge in [0.05, 0.1) is 7.11 Å². The zero-order valence-electron chi connectivity index (χ0n) is 11.3. The number of hydrogen-bond acceptors (Lipinski definition) is 5. The molecule has 3 heterocycles. The van der Waals surface area contributed by atoms with Gasteiger partial charge in [0.25, 0.3) is 0 Å². The van der Waals surface area contributed by atoms with E-state index in [1.165, 1.54) is 32.2 Å². The van der Waals surface area contributed by atoms with E-state index >= 15 is 0 Å². The zero-order chi connectivity index (χ0) is 12.8. The first-order valence-electron chi connectivity index (χ1n) is 7.24. The molecule has 3 aliphatic rings. The minimum absolute atomic E-state index is 0.595. The lowest BCUT2D eigenvalue weighted by molar-refractivity contribution is 0.106. The molecule has 0 aromatic carbocycles. The van der Waals surface area contributed by atoms with Crippen molar-refractivity contribution in [2.75, 3.05) is 25.1 Å². The number of anilines is 1. The number of rotatable bonds is 3. The quantitative estimate of drug-likeness (QED) is 0.819. The Hall–Kier alpha value is -1.36. The van der Waals surface area contributed by atoms with E-state index in [2.05, 4.69) is 19.8 Å². The van der Waals surface area contributed by atoms with Crippen molar-refractivity contribution >= 4 is 5.95 Å². The van der Waals surface area contributed by atoms with Crippen LogP contribution in [0.1, 0.15) is 25.7 Å². The van der Waals surface area contributed by atoms with Gasteiger partial charge in [-0.15, -0.1) is 0 Å². The fourth-order valence-electron chi connectivity index (χ4n) is 3.69. The van der Waals surface area contributed by atoms with Crippen LogP contribution in [-0.4, -0.2) is 53.2 Å². The first kappa shape index (κ1) is 11.5. The Kier molecular flexibility index (Phi) is 2.62. The van der Waals surface area contributed by atoms with Gasteiger partial charge >= 0.3 is 0 Å². The van der Waals surface area contributed by atoms with Crippen LogP contribution in [0.15, 0.2) is 12.3 Å². The summed E-state index contributed by atoms with van der Waals surface area (Å²) >= 11 is 0. The van der Waals surface area contributed by atoms with Crippen molar-refractivity contribution in [3.63, 3.8) is 0 Å². The smallest absolute Gasteiger partial charge is 0.228 e. The Balaban J connectivity index is 1.50. The fourth-order valence-corrected chi connectivity index (χ4v) is 3.69. The minimum Gasteiger partial charge on any atom is -0.481 e. The standard InChI is InChI=1S/C14H20N4O/c1-19-13-5-6-15-14(16-13)18-9-11-7-12(18)8-17(11)10-3-2-4-10/h5-6,10-12H,2-4,7-9H2,1H3/t11-,12-/m0/s1. The van der Waals surface area contributed by atoms with Crippen molar-refractivity contribution in [3.8, 4) is 5.88 Å². The van der Waals surface area contributed by atoms with Crippen LogP contribution in [0.2, 0.25) is 0 Å². The SMILES string of the molecule is COc1ccnc(N2C[C@@H]3C[C@H]2CN3C2CCC2)n1. The normalized spacial score (nSPS) is 30.7. The molecule has 0 N–H and O–H groups in total. The maximum Gasteiger partial charge on any atom is 0.228 e. The lowest BCUT2D eigenvalue weighted by atomic mass is 9.91. The number of ether oxygens (including phenoxy) is 1. The van der Waals surface area contributed by atoms with E-state index < -0.39 is 0 Å². The number of methoxy groups -OCH3 is 1. The molecule has 102 valence electrons. The number of nitrogens with zero attached hydrogens (tertiary/aromatic N) is 4. The molecule has 2 saturated heterocycles. The highest BCUT2D eigenvalue weighted by Crippen LogP contribution is 2.38. The third-order valence-electron chi connectivity index (χ3n) is 4.91. The molecule has 0 unspecified atom stereocenters. The highest BCUT2D eigenvalue weighted by Gasteiger charge is 2.47. The van der Waals surface area contributed by atoms with E-state index in [-0.39, 0.29) is 0 Å². The van der Waals surface area contributed by atoms with Crippen LogP contribution in [0.3, 0.4) is 0 Å². The Morgan fingerprint density at radius 1 is 1.21 bits per heavy atom. The summed E-state index contributed by atoms with van der Waals surface area (Å²) in [6, 6.07) is 3.98. The summed E-state index contributed by atoms with van der Waals surface area (Å²) in [6.07, 6.45) is 7.28. The molecular weight excluding hydrogens is 240 g/mol. The molecule has 0 radical (unpaired) electrons. The van der Waals surface area contributed by atoms with Crippen molar-refractivity contribution in [1.29, 1.82) is 0 Å². The molecule has 3 fully saturated rings. The van der Waals surface area contributed by atoms with Gasteiger partial charge in [-0.25, -0.2) is 4.98 Å². The van der Waals surface area contributed by atoms with Gasteiger partial charge in [0.15, 0.2) is 0 Å². The van der Waals surface area contributed by atoms with Crippen LogP contribution < -0.4 is 9.64 Å². The highest BCUT2D eigenvalue weighted by molar-refractivity contribution is 5.38. The van der Waals surface area contributed by atoms with Crippen molar-refractivity contribution in [2.45, 2.75) is 43.8 Å². The number of piperazine rings is 1. The molecule has 0 spiro atoms. The van der Waals surface area contributed by atoms with E-state index in [9.17, 15) is 0 Å². The van der Waals surface area contributed by atoms with Crippen LogP contribution in [0, 0.1) is 0 Å². The van der Waals surface area contributed by atoms with E-state index in [1.807, 2.05) is 0 Å². The molecule has 4 rings (SSSR count). The van der Waals surface area contributed by atoms with E-state index in [4.69, 9.17) is 4.74 Å². The third kappa shape index (κ3) is 1.79. The van der Waals surface area contributed by atoms with Crippen LogP contribution in [0.25, 0.3) is 0 Å². The van der Waals surface area contributed by atoms with Crippen LogP contribution >= 0.6 is 0 Å². The molecule has 1 aliphatic carbocycles. The van der Waals surface area contributed by atoms with Gasteiger partial charge in [-0.05, 0) is 19.3 Å². The molecule has 2 bridgehead atoms. The molecule has 5 heteroatoms. The Labute approximate surface area is 113 Å². The number of likely N-dealkylation sites (tertiary alicyclic amines) is 1. The van der Waals surface area contributed by atoms with Crippen molar-refractivity contribution in [2.24, 2.45) is 0 Å². The molecule has 2 atom stereocenters. The summed E-state index contributed by atoms with van der Waals surface area (Å²) in [6.45, 7) is 2.27. The Bertz CT molecular complexity index is 476. The maximum absolute atomic E-state index is 5.19. The summed E-state index contributed by atoms with van der Waals surface area (Å²) in [7, 11) is 1.65. The van der Waals surface area contributed by atoms with E-state index in [0.29, 0.717) is 18.0 Å². The van der Waals surface area contributed by atoms with Gasteiger partial charge in [0.2, 0.25) is 11.8 Å². The largest absolute Gasteiger partial charge is 0.481 e. The Morgan fingerprint density at radius 3 is 2.74 bits per heavy atom. The van der Waals surface area contributed by atoms with Gasteiger partial charge in [-0.3, -0.25) is 4.90 Å². The predicted molar refractivity (Wildman–Crippen MR) is 72.5 cm³/mol. The molecule has 1 aromatic heterocycles. The summed E-state index contributed by atoms with van der Waals surface area (Å²) in [5.74, 6) is 1.49. The number of aromatic nitrogens is 2. The third-order valence-corrected chi connectivity index (χ3v) is 4.91. The van der Waals surface area contributed by atoms with E-state index in [0.717, 1.165) is 18.5 Å². The molecule has 1 saturated carbocycles. The minimum atomic E-state index is 0.595. The van der Waals surface area contributed by atoms with Gasteiger partial charge in [-0.2, -0.15) is 4.98 Å². The van der Waals surface area contributed by atoms with Crippen molar-refractivity contribution < 1.29 is 4.74 Å². The summed E-state index contributed by atoms with van der Waals surface area (Å²) in [5.41, 5.74) is 0. The van der Waals surface area contributed by atoms with Crippen LogP contribution in [0.5, 0.6) is 5.88 Å². The second-order valence-corrected chi connectivity index (χ2v) is 5.88. The zero-order valence-corrected chi connectivity index (χ0v) is 11.3. The summed E-state index contributed by atoms with van der Waals surface area (Å²) in [5, 5.41) is 0. The second-order valence-electron chi connectivity index (χ2n) is 5.88. The molecule has 19 heavy (non-hydrogen) atoms. The Morgan fingerprint density at radius 2 is 2.11 bits per heavy atom. The lowest BCUT2D eigenvalue weighted by Gasteiger charge is -2.42. The van der Waals surface area contributed by atoms with Gasteiger partial charge in [0, 0.05) is 43.5 Å². The predicted octanol–water partition coefficient (Wildman–Crippen LogP) is 1.30. The number of fused-ring (bicyclic) bond motifs is 2. The molecule has 5 nitrogen and oxygen atoms in total. The van der Waals surface area contributed by atoms with Crippen molar-refractivity contribution in [3.05, 3.63) is 12.3 Å². The molecule has 0 amide bonds. The van der Waals surface area contributed by atoms with Gasteiger partial charge < -0.3 is 9.64 Å². The monoisotopic (exact) mass is 260 g/mol. The first-order chi connectivity index (χ1) is 9.35. The van der Waals surface area contributed by atoms with E-state index in [1.54, 1.807) is 19.4 Å². The molecule has 1 aromatic rings. The van der Waals surface area contributed by atoms with Gasteiger partial charge in [-0.1, -0.05) is 6.42 Å². The summed E-state index contributed by atoms with van der Waals surface area (Å²) < 4.78 is 5.19. The average molecular weight is 260 g/mol. The topological polar surface area (TPSA) is 41.5 Å². The van der Waals surface area contributed by atoms with Crippen molar-refractivity contribution in [1.82, 2.24) is 14.9 Å². The molecule has 2 aliphatic heterocycles.